The maximum Gasteiger partial charge on any atom is 0.235 e. The quantitative estimate of drug-likeness (QED) is 0.707. The molecule has 0 aliphatic heterocycles. The molecule has 116 valence electrons. The molecule has 0 fully saturated rings. The molecule has 1 aromatic carbocycles. The smallest absolute Gasteiger partial charge is 0.235 e. The number of thioether (sulfide) groups is 1. The van der Waals surface area contributed by atoms with Gasteiger partial charge in [-0.2, -0.15) is 4.52 Å². The van der Waals surface area contributed by atoms with Gasteiger partial charge in [0, 0.05) is 10.8 Å². The first kappa shape index (κ1) is 15.7. The number of aromatic nitrogens is 4. The van der Waals surface area contributed by atoms with E-state index in [0.717, 1.165) is 25.6 Å². The average Bonchev–Trinajstić information content (AvgIpc) is 3.05. The number of halogens is 1. The van der Waals surface area contributed by atoms with Gasteiger partial charge in [-0.3, -0.25) is 0 Å². The minimum atomic E-state index is -0.168. The van der Waals surface area contributed by atoms with Gasteiger partial charge in [-0.25, -0.2) is 0 Å². The van der Waals surface area contributed by atoms with Gasteiger partial charge in [-0.1, -0.05) is 66.7 Å². The Hall–Kier alpha value is -1.15. The third kappa shape index (κ3) is 3.12. The highest BCUT2D eigenvalue weighted by molar-refractivity contribution is 8.00. The van der Waals surface area contributed by atoms with Crippen LogP contribution in [0.5, 0.6) is 0 Å². The summed E-state index contributed by atoms with van der Waals surface area (Å²) < 4.78 is 2.69. The predicted octanol–water partition coefficient (Wildman–Crippen LogP) is 3.79. The van der Waals surface area contributed by atoms with Crippen molar-refractivity contribution < 1.29 is 0 Å². The van der Waals surface area contributed by atoms with E-state index in [2.05, 4.69) is 29.1 Å². The molecule has 0 aliphatic carbocycles. The van der Waals surface area contributed by atoms with Crippen LogP contribution in [0.25, 0.3) is 4.96 Å². The van der Waals surface area contributed by atoms with Crippen molar-refractivity contribution >= 4 is 39.7 Å². The van der Waals surface area contributed by atoms with E-state index < -0.39 is 0 Å². The van der Waals surface area contributed by atoms with Crippen molar-refractivity contribution in [1.29, 1.82) is 0 Å². The molecule has 0 saturated heterocycles. The van der Waals surface area contributed by atoms with Crippen LogP contribution in [0.1, 0.15) is 31.3 Å². The molecule has 0 spiro atoms. The average molecular weight is 354 g/mol. The van der Waals surface area contributed by atoms with Crippen molar-refractivity contribution in [2.75, 3.05) is 0 Å². The highest BCUT2D eigenvalue weighted by atomic mass is 35.5. The van der Waals surface area contributed by atoms with E-state index in [1.807, 2.05) is 24.3 Å². The minimum absolute atomic E-state index is 0.168. The van der Waals surface area contributed by atoms with E-state index in [1.165, 1.54) is 11.3 Å². The molecule has 8 heteroatoms. The molecule has 0 aliphatic rings. The van der Waals surface area contributed by atoms with E-state index in [1.54, 1.807) is 16.3 Å². The van der Waals surface area contributed by atoms with Crippen molar-refractivity contribution in [3.05, 3.63) is 40.7 Å². The predicted molar refractivity (Wildman–Crippen MR) is 91.4 cm³/mol. The van der Waals surface area contributed by atoms with Gasteiger partial charge in [0.05, 0.1) is 6.04 Å². The van der Waals surface area contributed by atoms with Crippen molar-refractivity contribution in [3.8, 4) is 0 Å². The lowest BCUT2D eigenvalue weighted by Gasteiger charge is -2.11. The molecule has 0 amide bonds. The molecule has 2 aromatic heterocycles. The summed E-state index contributed by atoms with van der Waals surface area (Å²) in [5.41, 5.74) is 7.26. The fraction of sp³-hybridized carbons (Fsp3) is 0.357. The summed E-state index contributed by atoms with van der Waals surface area (Å²) in [5.74, 6) is 1.77. The number of hydrogen-bond donors (Lipinski definition) is 1. The molecule has 22 heavy (non-hydrogen) atoms. The molecule has 0 radical (unpaired) electrons. The van der Waals surface area contributed by atoms with Crippen LogP contribution in [0.2, 0.25) is 5.02 Å². The van der Waals surface area contributed by atoms with Gasteiger partial charge in [0.1, 0.15) is 0 Å². The summed E-state index contributed by atoms with van der Waals surface area (Å²) in [5, 5.41) is 13.7. The molecule has 3 rings (SSSR count). The summed E-state index contributed by atoms with van der Waals surface area (Å²) in [6, 6.07) is 7.67. The Kier molecular flexibility index (Phi) is 4.67. The maximum atomic E-state index is 6.18. The molecule has 0 saturated carbocycles. The van der Waals surface area contributed by atoms with Gasteiger partial charge in [0.15, 0.2) is 10.2 Å². The topological polar surface area (TPSA) is 69.1 Å². The standard InChI is InChI=1S/C14H16ClN5S2/c1-8(2)11(16)12-17-18-13-20(12)19-14(22-13)21-7-9-5-3-4-6-10(9)15/h3-6,8,11H,7,16H2,1-2H3. The Morgan fingerprint density at radius 2 is 2.09 bits per heavy atom. The van der Waals surface area contributed by atoms with Crippen LogP contribution >= 0.6 is 34.7 Å². The molecule has 1 unspecified atom stereocenters. The third-order valence-electron chi connectivity index (χ3n) is 3.32. The normalized spacial score (nSPS) is 13.1. The zero-order valence-electron chi connectivity index (χ0n) is 12.2. The van der Waals surface area contributed by atoms with E-state index in [-0.39, 0.29) is 12.0 Å². The van der Waals surface area contributed by atoms with Crippen LogP contribution < -0.4 is 5.73 Å². The second-order valence-electron chi connectivity index (χ2n) is 5.27. The van der Waals surface area contributed by atoms with Crippen LogP contribution in [0.4, 0.5) is 0 Å². The first-order valence-corrected chi connectivity index (χ1v) is 9.08. The van der Waals surface area contributed by atoms with Gasteiger partial charge in [0.25, 0.3) is 0 Å². The molecule has 5 nitrogen and oxygen atoms in total. The van der Waals surface area contributed by atoms with E-state index in [4.69, 9.17) is 17.3 Å². The lowest BCUT2D eigenvalue weighted by Crippen LogP contribution is -2.20. The van der Waals surface area contributed by atoms with Crippen LogP contribution in [0.15, 0.2) is 28.6 Å². The van der Waals surface area contributed by atoms with E-state index in [0.29, 0.717) is 5.82 Å². The molecule has 3 aromatic rings. The number of hydrogen-bond acceptors (Lipinski definition) is 6. The Balaban J connectivity index is 1.80. The largest absolute Gasteiger partial charge is 0.321 e. The van der Waals surface area contributed by atoms with Crippen molar-refractivity contribution in [2.45, 2.75) is 30.0 Å². The Bertz CT molecular complexity index is 782. The lowest BCUT2D eigenvalue weighted by atomic mass is 10.1. The van der Waals surface area contributed by atoms with E-state index in [9.17, 15) is 0 Å². The van der Waals surface area contributed by atoms with Gasteiger partial charge >= 0.3 is 0 Å². The SMILES string of the molecule is CC(C)C(N)c1nnc2sc(SCc3ccccc3Cl)nn12. The van der Waals surface area contributed by atoms with Gasteiger partial charge in [0.2, 0.25) is 4.96 Å². The fourth-order valence-electron chi connectivity index (χ4n) is 1.93. The number of fused-ring (bicyclic) bond motifs is 1. The Morgan fingerprint density at radius 1 is 1.32 bits per heavy atom. The second kappa shape index (κ2) is 6.54. The van der Waals surface area contributed by atoms with Crippen molar-refractivity contribution in [3.63, 3.8) is 0 Å². The van der Waals surface area contributed by atoms with Crippen LogP contribution in [-0.4, -0.2) is 19.8 Å². The van der Waals surface area contributed by atoms with Crippen LogP contribution in [-0.2, 0) is 5.75 Å². The summed E-state index contributed by atoms with van der Waals surface area (Å²) in [7, 11) is 0. The van der Waals surface area contributed by atoms with Crippen molar-refractivity contribution in [2.24, 2.45) is 11.7 Å². The first-order chi connectivity index (χ1) is 10.6. The number of benzene rings is 1. The van der Waals surface area contributed by atoms with Crippen LogP contribution in [0.3, 0.4) is 0 Å². The number of rotatable bonds is 5. The third-order valence-corrected chi connectivity index (χ3v) is 5.77. The first-order valence-electron chi connectivity index (χ1n) is 6.90. The summed E-state index contributed by atoms with van der Waals surface area (Å²) in [6.45, 7) is 4.12. The highest BCUT2D eigenvalue weighted by Crippen LogP contribution is 2.30. The highest BCUT2D eigenvalue weighted by Gasteiger charge is 2.20. The van der Waals surface area contributed by atoms with Gasteiger partial charge < -0.3 is 5.73 Å². The van der Waals surface area contributed by atoms with Gasteiger partial charge in [-0.05, 0) is 17.5 Å². The van der Waals surface area contributed by atoms with E-state index >= 15 is 0 Å². The van der Waals surface area contributed by atoms with Crippen molar-refractivity contribution in [1.82, 2.24) is 19.8 Å². The summed E-state index contributed by atoms with van der Waals surface area (Å²) in [6.07, 6.45) is 0. The monoisotopic (exact) mass is 353 g/mol. The zero-order valence-corrected chi connectivity index (χ0v) is 14.6. The van der Waals surface area contributed by atoms with Gasteiger partial charge in [-0.15, -0.1) is 15.3 Å². The number of nitrogens with two attached hydrogens (primary N) is 1. The fourth-order valence-corrected chi connectivity index (χ4v) is 4.10. The lowest BCUT2D eigenvalue weighted by molar-refractivity contribution is 0.479. The van der Waals surface area contributed by atoms with Crippen LogP contribution in [0, 0.1) is 5.92 Å². The number of nitrogens with zero attached hydrogens (tertiary/aromatic N) is 4. The molecule has 1 atom stereocenters. The zero-order chi connectivity index (χ0) is 15.7. The second-order valence-corrected chi connectivity index (χ2v) is 7.86. The molecular formula is C14H16ClN5S2. The molecular weight excluding hydrogens is 338 g/mol. The summed E-state index contributed by atoms with van der Waals surface area (Å²) in [4.78, 5) is 0.771. The minimum Gasteiger partial charge on any atom is -0.321 e. The molecule has 2 N–H and O–H groups in total. The molecule has 2 heterocycles. The Morgan fingerprint density at radius 3 is 2.82 bits per heavy atom. The molecule has 0 bridgehead atoms. The Labute approximate surface area is 141 Å². The maximum absolute atomic E-state index is 6.18. The summed E-state index contributed by atoms with van der Waals surface area (Å²) >= 11 is 9.33.